The van der Waals surface area contributed by atoms with Crippen molar-refractivity contribution in [3.63, 3.8) is 0 Å². The number of esters is 1. The van der Waals surface area contributed by atoms with Crippen molar-refractivity contribution in [2.45, 2.75) is 29.9 Å². The zero-order valence-corrected chi connectivity index (χ0v) is 11.7. The molecule has 19 heavy (non-hydrogen) atoms. The highest BCUT2D eigenvalue weighted by Crippen LogP contribution is 2.25. The van der Waals surface area contributed by atoms with Gasteiger partial charge in [-0.1, -0.05) is 17.8 Å². The molecule has 0 aliphatic heterocycles. The number of aromatic nitrogens is 1. The Morgan fingerprint density at radius 3 is 2.47 bits per heavy atom. The van der Waals surface area contributed by atoms with Gasteiger partial charge in [0.05, 0.1) is 11.7 Å². The molecule has 0 bridgehead atoms. The highest BCUT2D eigenvalue weighted by molar-refractivity contribution is 7.99. The Labute approximate surface area is 117 Å². The molecule has 1 aromatic heterocycles. The summed E-state index contributed by atoms with van der Waals surface area (Å²) < 4.78 is 5.14. The molecule has 0 N–H and O–H groups in total. The molecule has 0 fully saturated rings. The second-order valence-corrected chi connectivity index (χ2v) is 5.34. The molecule has 0 saturated carbocycles. The average molecular weight is 273 g/mol. The first-order chi connectivity index (χ1) is 9.15. The van der Waals surface area contributed by atoms with E-state index < -0.39 is 0 Å². The van der Waals surface area contributed by atoms with Crippen molar-refractivity contribution >= 4 is 17.7 Å². The quantitative estimate of drug-likeness (QED) is 0.794. The van der Waals surface area contributed by atoms with Crippen LogP contribution in [-0.2, 0) is 4.74 Å². The Bertz CT molecular complexity index is 538. The lowest BCUT2D eigenvalue weighted by molar-refractivity contribution is 0.0378. The van der Waals surface area contributed by atoms with Gasteiger partial charge in [0.25, 0.3) is 0 Å². The smallest absolute Gasteiger partial charge is 0.338 e. The number of carbonyl (C=O) groups is 1. The monoisotopic (exact) mass is 273 g/mol. The summed E-state index contributed by atoms with van der Waals surface area (Å²) in [5.74, 6) is -0.288. The van der Waals surface area contributed by atoms with Crippen LogP contribution in [0.25, 0.3) is 0 Å². The van der Waals surface area contributed by atoms with Crippen LogP contribution in [0.1, 0.15) is 24.2 Å². The van der Waals surface area contributed by atoms with Crippen molar-refractivity contribution in [1.29, 1.82) is 0 Å². The van der Waals surface area contributed by atoms with E-state index in [0.29, 0.717) is 5.56 Å². The van der Waals surface area contributed by atoms with Crippen LogP contribution in [0.4, 0.5) is 0 Å². The average Bonchev–Trinajstić information content (AvgIpc) is 2.40. The zero-order valence-electron chi connectivity index (χ0n) is 10.9. The lowest BCUT2D eigenvalue weighted by Gasteiger charge is -2.08. The Hall–Kier alpha value is -1.81. The van der Waals surface area contributed by atoms with E-state index in [4.69, 9.17) is 4.74 Å². The number of nitrogens with zero attached hydrogens (tertiary/aromatic N) is 1. The molecule has 2 rings (SSSR count). The van der Waals surface area contributed by atoms with Crippen molar-refractivity contribution in [2.24, 2.45) is 0 Å². The summed E-state index contributed by atoms with van der Waals surface area (Å²) in [5, 5.41) is 0.931. The minimum atomic E-state index is -0.288. The minimum absolute atomic E-state index is 0.102. The molecule has 0 unspecified atom stereocenters. The molecular weight excluding hydrogens is 258 g/mol. The van der Waals surface area contributed by atoms with E-state index in [0.717, 1.165) is 9.92 Å². The molecule has 0 aliphatic carbocycles. The van der Waals surface area contributed by atoms with Crippen molar-refractivity contribution < 1.29 is 9.53 Å². The Balaban J connectivity index is 2.04. The van der Waals surface area contributed by atoms with Gasteiger partial charge in [0.15, 0.2) is 0 Å². The standard InChI is InChI=1S/C15H15NO2S/c1-11(2)18-15(17)12-6-8-13(9-7-12)19-14-5-3-4-10-16-14/h3-11H,1-2H3. The summed E-state index contributed by atoms with van der Waals surface area (Å²) in [5.41, 5.74) is 0.569. The van der Waals surface area contributed by atoms with Gasteiger partial charge in [-0.25, -0.2) is 9.78 Å². The predicted octanol–water partition coefficient (Wildman–Crippen LogP) is 3.80. The summed E-state index contributed by atoms with van der Waals surface area (Å²) >= 11 is 1.56. The first kappa shape index (κ1) is 13.6. The van der Waals surface area contributed by atoms with Crippen molar-refractivity contribution in [1.82, 2.24) is 4.98 Å². The lowest BCUT2D eigenvalue weighted by atomic mass is 10.2. The van der Waals surface area contributed by atoms with E-state index >= 15 is 0 Å². The number of pyridine rings is 1. The maximum absolute atomic E-state index is 11.7. The Morgan fingerprint density at radius 1 is 1.16 bits per heavy atom. The highest BCUT2D eigenvalue weighted by atomic mass is 32.2. The first-order valence-corrected chi connectivity index (χ1v) is 6.87. The topological polar surface area (TPSA) is 39.2 Å². The zero-order chi connectivity index (χ0) is 13.7. The molecule has 1 heterocycles. The van der Waals surface area contributed by atoms with Crippen LogP contribution in [0, 0.1) is 0 Å². The summed E-state index contributed by atoms with van der Waals surface area (Å²) in [7, 11) is 0. The molecule has 0 aliphatic rings. The summed E-state index contributed by atoms with van der Waals surface area (Å²) in [4.78, 5) is 17.0. The molecule has 4 heteroatoms. The molecule has 0 radical (unpaired) electrons. The second kappa shape index (κ2) is 6.38. The van der Waals surface area contributed by atoms with Crippen LogP contribution in [0.2, 0.25) is 0 Å². The van der Waals surface area contributed by atoms with E-state index in [2.05, 4.69) is 4.98 Å². The third-order valence-corrected chi connectivity index (χ3v) is 3.25. The van der Waals surface area contributed by atoms with E-state index in [-0.39, 0.29) is 12.1 Å². The number of hydrogen-bond donors (Lipinski definition) is 0. The van der Waals surface area contributed by atoms with Gasteiger partial charge in [-0.05, 0) is 50.2 Å². The fraction of sp³-hybridized carbons (Fsp3) is 0.200. The molecule has 0 spiro atoms. The van der Waals surface area contributed by atoms with E-state index in [1.807, 2.05) is 44.2 Å². The lowest BCUT2D eigenvalue weighted by Crippen LogP contribution is -2.11. The van der Waals surface area contributed by atoms with Gasteiger partial charge in [0, 0.05) is 11.1 Å². The van der Waals surface area contributed by atoms with Crippen LogP contribution >= 0.6 is 11.8 Å². The number of benzene rings is 1. The largest absolute Gasteiger partial charge is 0.459 e. The fourth-order valence-corrected chi connectivity index (χ4v) is 2.24. The normalized spacial score (nSPS) is 10.5. The van der Waals surface area contributed by atoms with Crippen LogP contribution in [0.5, 0.6) is 0 Å². The molecule has 2 aromatic rings. The van der Waals surface area contributed by atoms with E-state index in [9.17, 15) is 4.79 Å². The maximum atomic E-state index is 11.7. The van der Waals surface area contributed by atoms with Gasteiger partial charge in [0.2, 0.25) is 0 Å². The van der Waals surface area contributed by atoms with Gasteiger partial charge >= 0.3 is 5.97 Å². The van der Waals surface area contributed by atoms with Crippen LogP contribution < -0.4 is 0 Å². The summed E-state index contributed by atoms with van der Waals surface area (Å²) in [6.07, 6.45) is 1.66. The van der Waals surface area contributed by atoms with Crippen molar-refractivity contribution in [3.8, 4) is 0 Å². The number of hydrogen-bond acceptors (Lipinski definition) is 4. The Kier molecular flexibility index (Phi) is 4.58. The van der Waals surface area contributed by atoms with Crippen LogP contribution in [0.3, 0.4) is 0 Å². The van der Waals surface area contributed by atoms with Gasteiger partial charge in [-0.15, -0.1) is 0 Å². The molecule has 0 atom stereocenters. The van der Waals surface area contributed by atoms with Crippen LogP contribution in [-0.4, -0.2) is 17.1 Å². The highest BCUT2D eigenvalue weighted by Gasteiger charge is 2.08. The predicted molar refractivity (Wildman–Crippen MR) is 75.4 cm³/mol. The SMILES string of the molecule is CC(C)OC(=O)c1ccc(Sc2ccccn2)cc1. The van der Waals surface area contributed by atoms with Gasteiger partial charge in [-0.3, -0.25) is 0 Å². The van der Waals surface area contributed by atoms with Crippen LogP contribution in [0.15, 0.2) is 58.6 Å². The molecule has 1 aromatic carbocycles. The summed E-state index contributed by atoms with van der Waals surface area (Å²) in [6, 6.07) is 13.1. The van der Waals surface area contributed by atoms with Gasteiger partial charge < -0.3 is 4.74 Å². The fourth-order valence-electron chi connectivity index (χ4n) is 1.47. The number of rotatable bonds is 4. The molecule has 0 saturated heterocycles. The third-order valence-electron chi connectivity index (χ3n) is 2.29. The first-order valence-electron chi connectivity index (χ1n) is 6.05. The maximum Gasteiger partial charge on any atom is 0.338 e. The minimum Gasteiger partial charge on any atom is -0.459 e. The van der Waals surface area contributed by atoms with Gasteiger partial charge in [-0.2, -0.15) is 0 Å². The summed E-state index contributed by atoms with van der Waals surface area (Å²) in [6.45, 7) is 3.67. The molecule has 3 nitrogen and oxygen atoms in total. The number of carbonyl (C=O) groups excluding carboxylic acids is 1. The molecule has 98 valence electrons. The van der Waals surface area contributed by atoms with Crippen molar-refractivity contribution in [2.75, 3.05) is 0 Å². The van der Waals surface area contributed by atoms with Gasteiger partial charge in [0.1, 0.15) is 5.03 Å². The third kappa shape index (κ3) is 4.10. The molecular formula is C15H15NO2S. The molecule has 0 amide bonds. The number of ether oxygens (including phenoxy) is 1. The van der Waals surface area contributed by atoms with E-state index in [1.165, 1.54) is 0 Å². The second-order valence-electron chi connectivity index (χ2n) is 4.25. The van der Waals surface area contributed by atoms with E-state index in [1.54, 1.807) is 30.1 Å². The van der Waals surface area contributed by atoms with Crippen molar-refractivity contribution in [3.05, 3.63) is 54.2 Å². The Morgan fingerprint density at radius 2 is 1.89 bits per heavy atom.